The maximum Gasteiger partial charge on any atom is 0.410 e. The Bertz CT molecular complexity index is 202. The topological polar surface area (TPSA) is 17.1 Å². The molecule has 0 fully saturated rings. The second-order valence-electron chi connectivity index (χ2n) is 2.39. The van der Waals surface area contributed by atoms with E-state index in [1.165, 1.54) is 0 Å². The molecule has 0 heterocycles. The zero-order valence-corrected chi connectivity index (χ0v) is 8.21. The summed E-state index contributed by atoms with van der Waals surface area (Å²) >= 11 is 0.493. The average molecular weight is 320 g/mol. The lowest BCUT2D eigenvalue weighted by Crippen LogP contribution is -2.51. The van der Waals surface area contributed by atoms with Crippen molar-refractivity contribution >= 4 is 26.4 Å². The van der Waals surface area contributed by atoms with Crippen LogP contribution in [0.1, 0.15) is 6.92 Å². The van der Waals surface area contributed by atoms with Crippen LogP contribution in [0.5, 0.6) is 0 Å². The van der Waals surface area contributed by atoms with Crippen LogP contribution in [-0.4, -0.2) is 16.1 Å². The highest BCUT2D eigenvalue weighted by molar-refractivity contribution is 14.1. The quantitative estimate of drug-likeness (QED) is 0.412. The fraction of sp³-hybridized carbons (Fsp3) is 0.800. The van der Waals surface area contributed by atoms with Gasteiger partial charge in [-0.3, -0.25) is 4.79 Å². The van der Waals surface area contributed by atoms with Crippen LogP contribution in [0.15, 0.2) is 0 Å². The number of hydrogen-bond donors (Lipinski definition) is 0. The van der Waals surface area contributed by atoms with Gasteiger partial charge in [0.05, 0.1) is 0 Å². The van der Waals surface area contributed by atoms with Gasteiger partial charge in [0, 0.05) is 22.6 Å². The van der Waals surface area contributed by atoms with Crippen molar-refractivity contribution in [2.75, 3.05) is 0 Å². The predicted molar refractivity (Wildman–Crippen MR) is 39.2 cm³/mol. The predicted octanol–water partition coefficient (Wildman–Crippen LogP) is 3.08. The molecular weight excluding hydrogens is 317 g/mol. The molecule has 0 saturated carbocycles. The summed E-state index contributed by atoms with van der Waals surface area (Å²) in [5, 5.41) is 0. The maximum atomic E-state index is 11.9. The molecule has 0 unspecified atom stereocenters. The molecule has 0 rings (SSSR count). The maximum absolute atomic E-state index is 11.9. The van der Waals surface area contributed by atoms with Gasteiger partial charge in [0.1, 0.15) is 0 Å². The smallest absolute Gasteiger partial charge is 0.286 e. The van der Waals surface area contributed by atoms with Crippen molar-refractivity contribution in [2.24, 2.45) is 5.41 Å². The van der Waals surface area contributed by atoms with Crippen LogP contribution in [0.25, 0.3) is 0 Å². The van der Waals surface area contributed by atoms with Crippen molar-refractivity contribution in [1.82, 2.24) is 0 Å². The molecule has 0 N–H and O–H groups in total. The number of halogens is 7. The summed E-state index contributed by atoms with van der Waals surface area (Å²) in [6.07, 6.45) is -11.2. The Morgan fingerprint density at radius 1 is 1.00 bits per heavy atom. The molecule has 0 atom stereocenters. The van der Waals surface area contributed by atoms with Crippen molar-refractivity contribution < 1.29 is 31.1 Å². The first-order valence-electron chi connectivity index (χ1n) is 2.78. The molecule has 0 spiro atoms. The first-order valence-corrected chi connectivity index (χ1v) is 3.86. The Balaban J connectivity index is 5.35. The van der Waals surface area contributed by atoms with Crippen molar-refractivity contribution in [3.8, 4) is 0 Å². The normalized spacial score (nSPS) is 14.5. The van der Waals surface area contributed by atoms with Crippen LogP contribution in [-0.2, 0) is 4.79 Å². The van der Waals surface area contributed by atoms with Crippen molar-refractivity contribution in [3.63, 3.8) is 0 Å². The lowest BCUT2D eigenvalue weighted by atomic mass is 9.91. The second-order valence-corrected chi connectivity index (χ2v) is 3.37. The van der Waals surface area contributed by atoms with E-state index in [1.54, 1.807) is 0 Å². The molecule has 0 saturated heterocycles. The Labute approximate surface area is 82.6 Å². The Hall–Kier alpha value is -0.0200. The van der Waals surface area contributed by atoms with Gasteiger partial charge in [0.25, 0.3) is 0 Å². The first-order chi connectivity index (χ1) is 5.44. The van der Waals surface area contributed by atoms with E-state index in [0.29, 0.717) is 22.6 Å². The number of carbonyl (C=O) groups excluding carboxylic acids is 1. The standard InChI is InChI=1S/C5H3F6IO/c1-3(2(12)13,4(6,7)8)5(9,10)11/h1H3. The second kappa shape index (κ2) is 3.28. The third kappa shape index (κ3) is 2.08. The lowest BCUT2D eigenvalue weighted by molar-refractivity contribution is -0.314. The van der Waals surface area contributed by atoms with E-state index < -0.39 is 21.6 Å². The van der Waals surface area contributed by atoms with Gasteiger partial charge in [0.2, 0.25) is 9.20 Å². The van der Waals surface area contributed by atoms with Gasteiger partial charge < -0.3 is 0 Å². The molecule has 13 heavy (non-hydrogen) atoms. The highest BCUT2D eigenvalue weighted by Crippen LogP contribution is 2.51. The molecule has 0 aliphatic rings. The van der Waals surface area contributed by atoms with Gasteiger partial charge in [-0.05, 0) is 6.92 Å². The fourth-order valence-electron chi connectivity index (χ4n) is 0.384. The van der Waals surface area contributed by atoms with E-state index in [1.807, 2.05) is 0 Å². The minimum atomic E-state index is -5.62. The van der Waals surface area contributed by atoms with Crippen LogP contribution in [0.4, 0.5) is 26.3 Å². The zero-order valence-electron chi connectivity index (χ0n) is 6.05. The van der Waals surface area contributed by atoms with Gasteiger partial charge in [-0.15, -0.1) is 0 Å². The van der Waals surface area contributed by atoms with Gasteiger partial charge in [-0.25, -0.2) is 0 Å². The Morgan fingerprint density at radius 3 is 1.23 bits per heavy atom. The number of rotatable bonds is 1. The summed E-state index contributed by atoms with van der Waals surface area (Å²) in [6.45, 7) is -0.179. The molecule has 0 bridgehead atoms. The van der Waals surface area contributed by atoms with E-state index in [9.17, 15) is 31.1 Å². The van der Waals surface area contributed by atoms with Crippen molar-refractivity contribution in [1.29, 1.82) is 0 Å². The molecule has 0 radical (unpaired) electrons. The van der Waals surface area contributed by atoms with Crippen LogP contribution >= 0.6 is 22.6 Å². The summed E-state index contributed by atoms with van der Waals surface area (Å²) in [6, 6.07) is 0. The van der Waals surface area contributed by atoms with Gasteiger partial charge in [-0.2, -0.15) is 26.3 Å². The molecule has 78 valence electrons. The van der Waals surface area contributed by atoms with Crippen LogP contribution in [0.3, 0.4) is 0 Å². The van der Waals surface area contributed by atoms with Crippen LogP contribution in [0.2, 0.25) is 0 Å². The largest absolute Gasteiger partial charge is 0.410 e. The summed E-state index contributed by atoms with van der Waals surface area (Å²) in [4.78, 5) is 10.3. The van der Waals surface area contributed by atoms with Crippen molar-refractivity contribution in [3.05, 3.63) is 0 Å². The molecule has 0 aromatic heterocycles. The average Bonchev–Trinajstić information content (AvgIpc) is 1.80. The Morgan fingerprint density at radius 2 is 1.23 bits per heavy atom. The highest BCUT2D eigenvalue weighted by Gasteiger charge is 2.71. The fourth-order valence-corrected chi connectivity index (χ4v) is 0.995. The molecule has 1 nitrogen and oxygen atoms in total. The summed E-state index contributed by atoms with van der Waals surface area (Å²) in [5.74, 6) is 0. The number of carbonyl (C=O) groups is 1. The van der Waals surface area contributed by atoms with E-state index in [0.717, 1.165) is 0 Å². The zero-order chi connectivity index (χ0) is 11.1. The van der Waals surface area contributed by atoms with Crippen LogP contribution < -0.4 is 0 Å². The lowest BCUT2D eigenvalue weighted by Gasteiger charge is -2.30. The molecule has 0 amide bonds. The van der Waals surface area contributed by atoms with Crippen LogP contribution in [0, 0.1) is 5.41 Å². The van der Waals surface area contributed by atoms with Gasteiger partial charge >= 0.3 is 12.4 Å². The molecule has 0 aromatic carbocycles. The molecule has 0 aromatic rings. The first kappa shape index (κ1) is 13.0. The SMILES string of the molecule is CC(C(=O)I)(C(F)(F)F)C(F)(F)F. The van der Waals surface area contributed by atoms with E-state index in [4.69, 9.17) is 0 Å². The highest BCUT2D eigenvalue weighted by atomic mass is 127. The Kier molecular flexibility index (Phi) is 3.28. The van der Waals surface area contributed by atoms with E-state index in [-0.39, 0.29) is 6.92 Å². The number of hydrogen-bond acceptors (Lipinski definition) is 1. The van der Waals surface area contributed by atoms with Crippen molar-refractivity contribution in [2.45, 2.75) is 19.3 Å². The molecule has 0 aliphatic carbocycles. The van der Waals surface area contributed by atoms with Gasteiger partial charge in [0.15, 0.2) is 0 Å². The minimum Gasteiger partial charge on any atom is -0.286 e. The summed E-state index contributed by atoms with van der Waals surface area (Å²) in [5.41, 5.74) is -4.28. The third-order valence-electron chi connectivity index (χ3n) is 1.53. The van der Waals surface area contributed by atoms with E-state index in [2.05, 4.69) is 0 Å². The molecular formula is C5H3F6IO. The third-order valence-corrected chi connectivity index (χ3v) is 2.61. The summed E-state index contributed by atoms with van der Waals surface area (Å²) in [7, 11) is 0. The monoisotopic (exact) mass is 320 g/mol. The van der Waals surface area contributed by atoms with Gasteiger partial charge in [-0.1, -0.05) is 0 Å². The molecule has 0 aliphatic heterocycles. The number of alkyl halides is 6. The minimum absolute atomic E-state index is 0.179. The molecule has 8 heteroatoms. The summed E-state index contributed by atoms with van der Waals surface area (Å²) < 4.78 is 69.4. The van der Waals surface area contributed by atoms with E-state index >= 15 is 0 Å².